The van der Waals surface area contributed by atoms with Crippen LogP contribution in [-0.2, 0) is 0 Å². The molecule has 0 aromatic heterocycles. The zero-order valence-corrected chi connectivity index (χ0v) is 10.3. The first kappa shape index (κ1) is 12.0. The first-order valence-corrected chi connectivity index (χ1v) is 6.13. The van der Waals surface area contributed by atoms with Crippen molar-refractivity contribution in [1.29, 1.82) is 0 Å². The largest absolute Gasteiger partial charge is 0.495 e. The van der Waals surface area contributed by atoms with Crippen LogP contribution < -0.4 is 10.2 Å². The van der Waals surface area contributed by atoms with Crippen LogP contribution >= 0.6 is 0 Å². The number of nitrogens with one attached hydrogen (secondary N) is 1. The summed E-state index contributed by atoms with van der Waals surface area (Å²) in [5.74, 6) is 0.145. The van der Waals surface area contributed by atoms with Gasteiger partial charge in [-0.1, -0.05) is 18.2 Å². The van der Waals surface area contributed by atoms with Gasteiger partial charge in [0.2, 0.25) is 0 Å². The Kier molecular flexibility index (Phi) is 3.69. The third kappa shape index (κ3) is 2.61. The number of aliphatic hydroxyl groups is 1. The number of rotatable bonds is 3. The van der Waals surface area contributed by atoms with Gasteiger partial charge in [0, 0.05) is 11.7 Å². The molecule has 17 heavy (non-hydrogen) atoms. The highest BCUT2D eigenvalue weighted by atomic mass is 16.3. The fourth-order valence-corrected chi connectivity index (χ4v) is 2.45. The molecule has 1 saturated heterocycles. The summed E-state index contributed by atoms with van der Waals surface area (Å²) in [5, 5.41) is 13.2. The van der Waals surface area contributed by atoms with Crippen LogP contribution in [0.25, 0.3) is 0 Å². The van der Waals surface area contributed by atoms with Crippen LogP contribution in [0.1, 0.15) is 18.4 Å². The Labute approximate surface area is 103 Å². The summed E-state index contributed by atoms with van der Waals surface area (Å²) in [5.41, 5.74) is 2.23. The lowest BCUT2D eigenvalue weighted by molar-refractivity contribution is 0.349. The van der Waals surface area contributed by atoms with Crippen molar-refractivity contribution in [2.75, 3.05) is 18.0 Å². The quantitative estimate of drug-likeness (QED) is 0.786. The summed E-state index contributed by atoms with van der Waals surface area (Å²) in [6.45, 7) is 7.77. The second kappa shape index (κ2) is 5.23. The van der Waals surface area contributed by atoms with Crippen molar-refractivity contribution in [3.8, 4) is 0 Å². The first-order valence-electron chi connectivity index (χ1n) is 6.13. The van der Waals surface area contributed by atoms with Gasteiger partial charge < -0.3 is 15.3 Å². The predicted octanol–water partition coefficient (Wildman–Crippen LogP) is 2.58. The molecule has 0 aliphatic carbocycles. The van der Waals surface area contributed by atoms with Crippen LogP contribution in [0.3, 0.4) is 0 Å². The van der Waals surface area contributed by atoms with E-state index < -0.39 is 0 Å². The van der Waals surface area contributed by atoms with Crippen molar-refractivity contribution in [1.82, 2.24) is 5.32 Å². The third-order valence-electron chi connectivity index (χ3n) is 3.33. The summed E-state index contributed by atoms with van der Waals surface area (Å²) in [6.07, 6.45) is 2.07. The molecule has 2 N–H and O–H groups in total. The number of hydrogen-bond donors (Lipinski definition) is 2. The molecule has 1 aromatic carbocycles. The summed E-state index contributed by atoms with van der Waals surface area (Å²) in [4.78, 5) is 1.97. The second-order valence-corrected chi connectivity index (χ2v) is 4.55. The van der Waals surface area contributed by atoms with Gasteiger partial charge in [-0.25, -0.2) is 0 Å². The van der Waals surface area contributed by atoms with Crippen molar-refractivity contribution in [3.05, 3.63) is 42.3 Å². The minimum absolute atomic E-state index is 0.145. The van der Waals surface area contributed by atoms with Crippen molar-refractivity contribution in [3.63, 3.8) is 0 Å². The lowest BCUT2D eigenvalue weighted by Crippen LogP contribution is -2.42. The Hall–Kier alpha value is -1.48. The van der Waals surface area contributed by atoms with Gasteiger partial charge in [-0.15, -0.1) is 0 Å². The van der Waals surface area contributed by atoms with Gasteiger partial charge in [0.25, 0.3) is 0 Å². The molecule has 0 bridgehead atoms. The van der Waals surface area contributed by atoms with Crippen LogP contribution in [0.5, 0.6) is 0 Å². The van der Waals surface area contributed by atoms with Gasteiger partial charge in [-0.3, -0.25) is 0 Å². The molecule has 1 heterocycles. The molecule has 0 saturated carbocycles. The molecule has 0 atom stereocenters. The van der Waals surface area contributed by atoms with E-state index >= 15 is 0 Å². The number of aliphatic hydroxyl groups excluding tert-OH is 1. The average Bonchev–Trinajstić information content (AvgIpc) is 2.33. The van der Waals surface area contributed by atoms with Gasteiger partial charge >= 0.3 is 0 Å². The fraction of sp³-hybridized carbons (Fsp3) is 0.429. The van der Waals surface area contributed by atoms with E-state index in [1.54, 1.807) is 0 Å². The van der Waals surface area contributed by atoms with Crippen molar-refractivity contribution < 1.29 is 5.11 Å². The number of benzene rings is 1. The zero-order chi connectivity index (χ0) is 12.3. The van der Waals surface area contributed by atoms with Crippen molar-refractivity contribution >= 4 is 5.69 Å². The maximum Gasteiger partial charge on any atom is 0.184 e. The highest BCUT2D eigenvalue weighted by molar-refractivity contribution is 5.57. The molecule has 0 unspecified atom stereocenters. The molecule has 3 heteroatoms. The van der Waals surface area contributed by atoms with Crippen molar-refractivity contribution in [2.45, 2.75) is 25.8 Å². The smallest absolute Gasteiger partial charge is 0.184 e. The molecule has 3 nitrogen and oxygen atoms in total. The monoisotopic (exact) mass is 232 g/mol. The number of piperidine rings is 1. The van der Waals surface area contributed by atoms with E-state index in [0.717, 1.165) is 31.6 Å². The molecule has 1 aliphatic rings. The highest BCUT2D eigenvalue weighted by Gasteiger charge is 2.24. The van der Waals surface area contributed by atoms with E-state index in [-0.39, 0.29) is 5.88 Å². The molecule has 1 aliphatic heterocycles. The van der Waals surface area contributed by atoms with E-state index in [4.69, 9.17) is 0 Å². The molecule has 0 spiro atoms. The molecule has 2 rings (SSSR count). The van der Waals surface area contributed by atoms with Gasteiger partial charge in [0.1, 0.15) is 0 Å². The lowest BCUT2D eigenvalue weighted by atomic mass is 10.0. The number of hydrogen-bond acceptors (Lipinski definition) is 3. The van der Waals surface area contributed by atoms with Crippen molar-refractivity contribution in [2.24, 2.45) is 0 Å². The Bertz CT molecular complexity index is 397. The SMILES string of the molecule is C=C(O)N(c1ccccc1C)C1CCNCC1. The summed E-state index contributed by atoms with van der Waals surface area (Å²) in [7, 11) is 0. The lowest BCUT2D eigenvalue weighted by Gasteiger charge is -2.35. The summed E-state index contributed by atoms with van der Waals surface area (Å²) < 4.78 is 0. The average molecular weight is 232 g/mol. The normalized spacial score (nSPS) is 16.8. The maximum atomic E-state index is 9.85. The van der Waals surface area contributed by atoms with Crippen LogP contribution in [0.15, 0.2) is 36.7 Å². The van der Waals surface area contributed by atoms with Gasteiger partial charge in [0.05, 0.1) is 0 Å². The molecule has 92 valence electrons. The number of nitrogens with zero attached hydrogens (tertiary/aromatic N) is 1. The summed E-state index contributed by atoms with van der Waals surface area (Å²) >= 11 is 0. The Morgan fingerprint density at radius 2 is 2.00 bits per heavy atom. The molecule has 0 radical (unpaired) electrons. The minimum Gasteiger partial charge on any atom is -0.495 e. The zero-order valence-electron chi connectivity index (χ0n) is 10.3. The standard InChI is InChI=1S/C14H20N2O/c1-11-5-3-4-6-14(11)16(12(2)17)13-7-9-15-10-8-13/h3-6,13,15,17H,2,7-10H2,1H3. The van der Waals surface area contributed by atoms with Crippen LogP contribution in [0.2, 0.25) is 0 Å². The van der Waals surface area contributed by atoms with Crippen LogP contribution in [0.4, 0.5) is 5.69 Å². The van der Waals surface area contributed by atoms with E-state index in [0.29, 0.717) is 6.04 Å². The topological polar surface area (TPSA) is 35.5 Å². The highest BCUT2D eigenvalue weighted by Crippen LogP contribution is 2.27. The molecular formula is C14H20N2O. The van der Waals surface area contributed by atoms with Gasteiger partial charge in [0.15, 0.2) is 5.88 Å². The Morgan fingerprint density at radius 3 is 2.59 bits per heavy atom. The predicted molar refractivity (Wildman–Crippen MR) is 71.3 cm³/mol. The summed E-state index contributed by atoms with van der Waals surface area (Å²) in [6, 6.07) is 8.46. The van der Waals surface area contributed by atoms with Crippen LogP contribution in [0, 0.1) is 6.92 Å². The molecular weight excluding hydrogens is 212 g/mol. The number of para-hydroxylation sites is 1. The van der Waals surface area contributed by atoms with E-state index in [2.05, 4.69) is 24.9 Å². The fourth-order valence-electron chi connectivity index (χ4n) is 2.45. The van der Waals surface area contributed by atoms with E-state index in [9.17, 15) is 5.11 Å². The molecule has 0 amide bonds. The maximum absolute atomic E-state index is 9.85. The molecule has 1 fully saturated rings. The second-order valence-electron chi connectivity index (χ2n) is 4.55. The Balaban J connectivity index is 2.28. The van der Waals surface area contributed by atoms with E-state index in [1.165, 1.54) is 5.56 Å². The minimum atomic E-state index is 0.145. The molecule has 1 aromatic rings. The first-order chi connectivity index (χ1) is 8.20. The third-order valence-corrected chi connectivity index (χ3v) is 3.33. The van der Waals surface area contributed by atoms with E-state index in [1.807, 2.05) is 23.1 Å². The number of anilines is 1. The van der Waals surface area contributed by atoms with Crippen LogP contribution in [-0.4, -0.2) is 24.2 Å². The number of aryl methyl sites for hydroxylation is 1. The van der Waals surface area contributed by atoms with Gasteiger partial charge in [-0.2, -0.15) is 0 Å². The Morgan fingerprint density at radius 1 is 1.35 bits per heavy atom. The van der Waals surface area contributed by atoms with Gasteiger partial charge in [-0.05, 0) is 51.1 Å².